The highest BCUT2D eigenvalue weighted by Crippen LogP contribution is 2.24. The smallest absolute Gasteiger partial charge is 0.248 e. The summed E-state index contributed by atoms with van der Waals surface area (Å²) in [6.07, 6.45) is 2.32. The summed E-state index contributed by atoms with van der Waals surface area (Å²) in [5, 5.41) is 4.38. The van der Waals surface area contributed by atoms with Crippen molar-refractivity contribution in [2.24, 2.45) is 0 Å². The van der Waals surface area contributed by atoms with Crippen LogP contribution in [0.15, 0.2) is 0 Å². The molecule has 1 amide bonds. The van der Waals surface area contributed by atoms with Crippen molar-refractivity contribution in [3.05, 3.63) is 0 Å². The van der Waals surface area contributed by atoms with E-state index in [1.165, 1.54) is 0 Å². The van der Waals surface area contributed by atoms with E-state index in [2.05, 4.69) is 19.2 Å². The number of amides is 1. The summed E-state index contributed by atoms with van der Waals surface area (Å²) in [5.41, 5.74) is 0. The molecule has 2 aliphatic heterocycles. The summed E-state index contributed by atoms with van der Waals surface area (Å²) in [6, 6.07) is 0. The quantitative estimate of drug-likeness (QED) is 0.835. The highest BCUT2D eigenvalue weighted by Gasteiger charge is 2.26. The van der Waals surface area contributed by atoms with Crippen LogP contribution in [0.3, 0.4) is 0 Å². The molecule has 2 atom stereocenters. The number of carbonyl (C=O) groups excluding carboxylic acids is 1. The molecule has 0 spiro atoms. The number of rotatable bonds is 3. The molecule has 0 bridgehead atoms. The molecule has 18 heavy (non-hydrogen) atoms. The third kappa shape index (κ3) is 4.14. The van der Waals surface area contributed by atoms with Crippen molar-refractivity contribution in [1.82, 2.24) is 10.2 Å². The average molecular weight is 272 g/mol. The third-order valence-electron chi connectivity index (χ3n) is 3.50. The van der Waals surface area contributed by atoms with Crippen molar-refractivity contribution in [2.45, 2.75) is 43.3 Å². The number of carbonyl (C=O) groups is 1. The van der Waals surface area contributed by atoms with Gasteiger partial charge in [-0.25, -0.2) is 0 Å². The zero-order chi connectivity index (χ0) is 13.0. The normalized spacial score (nSPS) is 30.4. The second kappa shape index (κ2) is 6.78. The molecule has 1 N–H and O–H groups in total. The van der Waals surface area contributed by atoms with Gasteiger partial charge in [-0.3, -0.25) is 4.79 Å². The van der Waals surface area contributed by atoms with Crippen molar-refractivity contribution in [1.29, 1.82) is 0 Å². The Labute approximate surface area is 114 Å². The van der Waals surface area contributed by atoms with E-state index in [0.29, 0.717) is 10.5 Å². The van der Waals surface area contributed by atoms with Gasteiger partial charge in [0.2, 0.25) is 5.91 Å². The summed E-state index contributed by atoms with van der Waals surface area (Å²) in [5.74, 6) is 0.160. The summed E-state index contributed by atoms with van der Waals surface area (Å²) in [4.78, 5) is 14.1. The van der Waals surface area contributed by atoms with Gasteiger partial charge in [-0.2, -0.15) is 11.8 Å². The SMILES string of the molecule is CC1CN(C(=O)COC2CCNCC2)CC(C)S1. The second-order valence-electron chi connectivity index (χ2n) is 5.32. The van der Waals surface area contributed by atoms with Gasteiger partial charge < -0.3 is 15.0 Å². The predicted octanol–water partition coefficient (Wildman–Crippen LogP) is 1.11. The van der Waals surface area contributed by atoms with Crippen molar-refractivity contribution >= 4 is 17.7 Å². The Bertz CT molecular complexity index is 272. The Kier molecular flexibility index (Phi) is 5.33. The predicted molar refractivity (Wildman–Crippen MR) is 74.9 cm³/mol. The monoisotopic (exact) mass is 272 g/mol. The molecule has 0 saturated carbocycles. The standard InChI is InChI=1S/C13H24N2O2S/c1-10-7-15(8-11(2)18-10)13(16)9-17-12-3-5-14-6-4-12/h10-12,14H,3-9H2,1-2H3. The fourth-order valence-corrected chi connectivity index (χ4v) is 3.95. The highest BCUT2D eigenvalue weighted by atomic mass is 32.2. The van der Waals surface area contributed by atoms with Crippen molar-refractivity contribution in [3.63, 3.8) is 0 Å². The van der Waals surface area contributed by atoms with Crippen LogP contribution in [-0.4, -0.2) is 60.2 Å². The lowest BCUT2D eigenvalue weighted by atomic mass is 10.1. The minimum atomic E-state index is 0.160. The summed E-state index contributed by atoms with van der Waals surface area (Å²) < 4.78 is 5.73. The van der Waals surface area contributed by atoms with E-state index in [1.807, 2.05) is 16.7 Å². The Morgan fingerprint density at radius 3 is 2.50 bits per heavy atom. The van der Waals surface area contributed by atoms with E-state index in [9.17, 15) is 4.79 Å². The molecule has 0 aromatic heterocycles. The van der Waals surface area contributed by atoms with Gasteiger partial charge >= 0.3 is 0 Å². The maximum absolute atomic E-state index is 12.1. The first kappa shape index (κ1) is 14.2. The maximum atomic E-state index is 12.1. The number of hydrogen-bond donors (Lipinski definition) is 1. The third-order valence-corrected chi connectivity index (χ3v) is 4.73. The topological polar surface area (TPSA) is 41.6 Å². The molecular weight excluding hydrogens is 248 g/mol. The van der Waals surface area contributed by atoms with Gasteiger partial charge in [-0.15, -0.1) is 0 Å². The number of hydrogen-bond acceptors (Lipinski definition) is 4. The van der Waals surface area contributed by atoms with Crippen molar-refractivity contribution in [3.8, 4) is 0 Å². The maximum Gasteiger partial charge on any atom is 0.248 e. The average Bonchev–Trinajstić information content (AvgIpc) is 2.36. The molecule has 2 fully saturated rings. The lowest BCUT2D eigenvalue weighted by molar-refractivity contribution is -0.138. The summed E-state index contributed by atoms with van der Waals surface area (Å²) in [6.45, 7) is 8.38. The van der Waals surface area contributed by atoms with E-state index in [-0.39, 0.29) is 18.6 Å². The molecule has 2 heterocycles. The molecule has 2 rings (SSSR count). The van der Waals surface area contributed by atoms with Gasteiger partial charge in [0.25, 0.3) is 0 Å². The molecule has 0 radical (unpaired) electrons. The minimum Gasteiger partial charge on any atom is -0.368 e. The van der Waals surface area contributed by atoms with E-state index < -0.39 is 0 Å². The highest BCUT2D eigenvalue weighted by molar-refractivity contribution is 8.00. The van der Waals surface area contributed by atoms with Gasteiger partial charge in [0, 0.05) is 23.6 Å². The van der Waals surface area contributed by atoms with Crippen molar-refractivity contribution < 1.29 is 9.53 Å². The summed E-state index contributed by atoms with van der Waals surface area (Å²) >= 11 is 1.97. The van der Waals surface area contributed by atoms with Gasteiger partial charge in [0.05, 0.1) is 6.10 Å². The fraction of sp³-hybridized carbons (Fsp3) is 0.923. The van der Waals surface area contributed by atoms with Crippen LogP contribution in [0.25, 0.3) is 0 Å². The number of piperidine rings is 1. The molecule has 104 valence electrons. The molecule has 5 heteroatoms. The lowest BCUT2D eigenvalue weighted by Gasteiger charge is -2.35. The van der Waals surface area contributed by atoms with Crippen LogP contribution in [0.5, 0.6) is 0 Å². The first-order valence-electron chi connectivity index (χ1n) is 6.90. The molecular formula is C13H24N2O2S. The van der Waals surface area contributed by atoms with E-state index in [0.717, 1.165) is 39.0 Å². The number of nitrogens with one attached hydrogen (secondary N) is 1. The van der Waals surface area contributed by atoms with Crippen LogP contribution >= 0.6 is 11.8 Å². The minimum absolute atomic E-state index is 0.160. The number of nitrogens with zero attached hydrogens (tertiary/aromatic N) is 1. The van der Waals surface area contributed by atoms with E-state index >= 15 is 0 Å². The van der Waals surface area contributed by atoms with Gasteiger partial charge in [0.1, 0.15) is 6.61 Å². The van der Waals surface area contributed by atoms with Crippen LogP contribution in [0.2, 0.25) is 0 Å². The molecule has 4 nitrogen and oxygen atoms in total. The van der Waals surface area contributed by atoms with Gasteiger partial charge in [-0.05, 0) is 25.9 Å². The van der Waals surface area contributed by atoms with E-state index in [1.54, 1.807) is 0 Å². The Balaban J connectivity index is 1.73. The largest absolute Gasteiger partial charge is 0.368 e. The number of thioether (sulfide) groups is 1. The van der Waals surface area contributed by atoms with Crippen molar-refractivity contribution in [2.75, 3.05) is 32.8 Å². The van der Waals surface area contributed by atoms with E-state index in [4.69, 9.17) is 4.74 Å². The van der Waals surface area contributed by atoms with Crippen LogP contribution in [0.4, 0.5) is 0 Å². The van der Waals surface area contributed by atoms with Crippen LogP contribution in [-0.2, 0) is 9.53 Å². The first-order chi connectivity index (χ1) is 8.65. The molecule has 2 unspecified atom stereocenters. The van der Waals surface area contributed by atoms with Crippen LogP contribution < -0.4 is 5.32 Å². The molecule has 2 aliphatic rings. The van der Waals surface area contributed by atoms with Crippen LogP contribution in [0.1, 0.15) is 26.7 Å². The summed E-state index contributed by atoms with van der Waals surface area (Å²) in [7, 11) is 0. The first-order valence-corrected chi connectivity index (χ1v) is 7.85. The molecule has 0 aromatic carbocycles. The molecule has 0 aromatic rings. The zero-order valence-electron chi connectivity index (χ0n) is 11.4. The Morgan fingerprint density at radius 1 is 1.28 bits per heavy atom. The second-order valence-corrected chi connectivity index (χ2v) is 7.20. The lowest BCUT2D eigenvalue weighted by Crippen LogP contribution is -2.46. The van der Waals surface area contributed by atoms with Gasteiger partial charge in [-0.1, -0.05) is 13.8 Å². The zero-order valence-corrected chi connectivity index (χ0v) is 12.2. The van der Waals surface area contributed by atoms with Gasteiger partial charge in [0.15, 0.2) is 0 Å². The molecule has 2 saturated heterocycles. The van der Waals surface area contributed by atoms with Crippen LogP contribution in [0, 0.1) is 0 Å². The number of ether oxygens (including phenoxy) is 1. The molecule has 0 aliphatic carbocycles. The Morgan fingerprint density at radius 2 is 1.89 bits per heavy atom. The fourth-order valence-electron chi connectivity index (χ4n) is 2.62. The Hall–Kier alpha value is -0.260.